The van der Waals surface area contributed by atoms with Crippen molar-refractivity contribution in [3.63, 3.8) is 0 Å². The molecule has 0 saturated heterocycles. The summed E-state index contributed by atoms with van der Waals surface area (Å²) in [6.07, 6.45) is 0.106. The molecular formula is C12H12BrNO3. The van der Waals surface area contributed by atoms with Crippen molar-refractivity contribution in [1.29, 1.82) is 5.26 Å². The van der Waals surface area contributed by atoms with Gasteiger partial charge in [0.2, 0.25) is 0 Å². The highest BCUT2D eigenvalue weighted by Crippen LogP contribution is 2.23. The van der Waals surface area contributed by atoms with Crippen LogP contribution in [-0.4, -0.2) is 17.7 Å². The minimum Gasteiger partial charge on any atom is -0.466 e. The van der Waals surface area contributed by atoms with Crippen LogP contribution < -0.4 is 0 Å². The minimum absolute atomic E-state index is 0.106. The van der Waals surface area contributed by atoms with Crippen LogP contribution in [0.2, 0.25) is 0 Å². The van der Waals surface area contributed by atoms with Gasteiger partial charge in [0.15, 0.2) is 0 Å². The van der Waals surface area contributed by atoms with Crippen molar-refractivity contribution in [2.24, 2.45) is 0 Å². The van der Waals surface area contributed by atoms with E-state index in [4.69, 9.17) is 15.1 Å². The van der Waals surface area contributed by atoms with Gasteiger partial charge in [-0.2, -0.15) is 5.26 Å². The number of rotatable bonds is 4. The molecule has 0 aliphatic heterocycles. The predicted octanol–water partition coefficient (Wildman–Crippen LogP) is 1.92. The molecule has 90 valence electrons. The number of hydrogen-bond acceptors (Lipinski definition) is 4. The van der Waals surface area contributed by atoms with E-state index in [0.717, 1.165) is 0 Å². The minimum atomic E-state index is -0.339. The number of halogens is 1. The molecule has 0 saturated carbocycles. The van der Waals surface area contributed by atoms with E-state index in [-0.39, 0.29) is 19.0 Å². The molecule has 0 spiro atoms. The Kier molecular flexibility index (Phi) is 5.13. The maximum atomic E-state index is 11.3. The van der Waals surface area contributed by atoms with Crippen LogP contribution in [0.15, 0.2) is 16.6 Å². The lowest BCUT2D eigenvalue weighted by molar-refractivity contribution is -0.142. The molecule has 1 N–H and O–H groups in total. The summed E-state index contributed by atoms with van der Waals surface area (Å²) < 4.78 is 5.53. The average Bonchev–Trinajstić information content (AvgIpc) is 2.31. The molecule has 0 fully saturated rings. The number of nitrogens with zero attached hydrogens (tertiary/aromatic N) is 1. The topological polar surface area (TPSA) is 70.3 Å². The molecule has 4 nitrogen and oxygen atoms in total. The number of nitriles is 1. The van der Waals surface area contributed by atoms with Crippen molar-refractivity contribution in [3.05, 3.63) is 33.3 Å². The number of esters is 1. The van der Waals surface area contributed by atoms with E-state index in [0.29, 0.717) is 27.8 Å². The van der Waals surface area contributed by atoms with E-state index >= 15 is 0 Å². The van der Waals surface area contributed by atoms with Gasteiger partial charge in [-0.1, -0.05) is 15.9 Å². The molecule has 0 radical (unpaired) electrons. The molecule has 1 rings (SSSR count). The lowest BCUT2D eigenvalue weighted by Crippen LogP contribution is -2.08. The van der Waals surface area contributed by atoms with Gasteiger partial charge in [0.25, 0.3) is 0 Å². The number of carbonyl (C=O) groups is 1. The summed E-state index contributed by atoms with van der Waals surface area (Å²) in [4.78, 5) is 11.3. The third-order valence-corrected chi connectivity index (χ3v) is 2.94. The summed E-state index contributed by atoms with van der Waals surface area (Å²) >= 11 is 3.30. The largest absolute Gasteiger partial charge is 0.466 e. The fourth-order valence-electron chi connectivity index (χ4n) is 1.40. The third-order valence-electron chi connectivity index (χ3n) is 2.20. The lowest BCUT2D eigenvalue weighted by Gasteiger charge is -2.08. The number of benzene rings is 1. The Bertz CT molecular complexity index is 466. The quantitative estimate of drug-likeness (QED) is 0.862. The second kappa shape index (κ2) is 6.38. The maximum absolute atomic E-state index is 11.3. The van der Waals surface area contributed by atoms with E-state index in [2.05, 4.69) is 15.9 Å². The third kappa shape index (κ3) is 3.55. The van der Waals surface area contributed by atoms with Gasteiger partial charge in [-0.15, -0.1) is 0 Å². The Hall–Kier alpha value is -1.38. The van der Waals surface area contributed by atoms with E-state index in [1.54, 1.807) is 19.1 Å². The van der Waals surface area contributed by atoms with Gasteiger partial charge >= 0.3 is 5.97 Å². The van der Waals surface area contributed by atoms with Crippen LogP contribution >= 0.6 is 15.9 Å². The first-order valence-electron chi connectivity index (χ1n) is 5.10. The standard InChI is InChI=1S/C12H12BrNO3/c1-2-17-12(16)5-8-3-9(6-14)10(7-15)4-11(8)13/h3-4,15H,2,5,7H2,1H3. The summed E-state index contributed by atoms with van der Waals surface area (Å²) in [6.45, 7) is 1.86. The van der Waals surface area contributed by atoms with Gasteiger partial charge in [-0.3, -0.25) is 4.79 Å². The molecule has 5 heteroatoms. The molecule has 0 aromatic heterocycles. The number of carbonyl (C=O) groups excluding carboxylic acids is 1. The van der Waals surface area contributed by atoms with Crippen molar-refractivity contribution in [2.45, 2.75) is 20.0 Å². The zero-order valence-corrected chi connectivity index (χ0v) is 11.0. The first-order valence-corrected chi connectivity index (χ1v) is 5.89. The lowest BCUT2D eigenvalue weighted by atomic mass is 10.0. The summed E-state index contributed by atoms with van der Waals surface area (Å²) in [7, 11) is 0. The van der Waals surface area contributed by atoms with Crippen molar-refractivity contribution < 1.29 is 14.6 Å². The fourth-order valence-corrected chi connectivity index (χ4v) is 1.93. The van der Waals surface area contributed by atoms with Crippen LogP contribution in [0.25, 0.3) is 0 Å². The molecule has 0 amide bonds. The zero-order valence-electron chi connectivity index (χ0n) is 9.36. The maximum Gasteiger partial charge on any atom is 0.310 e. The molecule has 0 bridgehead atoms. The summed E-state index contributed by atoms with van der Waals surface area (Å²) in [5, 5.41) is 18.0. The summed E-state index contributed by atoms with van der Waals surface area (Å²) in [5.74, 6) is -0.339. The van der Waals surface area contributed by atoms with E-state index in [1.807, 2.05) is 6.07 Å². The van der Waals surface area contributed by atoms with Crippen LogP contribution in [0.3, 0.4) is 0 Å². The number of ether oxygens (including phenoxy) is 1. The van der Waals surface area contributed by atoms with Gasteiger partial charge in [0.1, 0.15) is 0 Å². The first-order chi connectivity index (χ1) is 8.12. The van der Waals surface area contributed by atoms with E-state index in [1.165, 1.54) is 0 Å². The van der Waals surface area contributed by atoms with Gasteiger partial charge in [0, 0.05) is 4.47 Å². The molecule has 0 aliphatic rings. The average molecular weight is 298 g/mol. The Morgan fingerprint density at radius 3 is 2.76 bits per heavy atom. The second-order valence-corrected chi connectivity index (χ2v) is 4.21. The molecule has 0 heterocycles. The normalized spacial score (nSPS) is 9.76. The van der Waals surface area contributed by atoms with Crippen molar-refractivity contribution >= 4 is 21.9 Å². The summed E-state index contributed by atoms with van der Waals surface area (Å²) in [6, 6.07) is 5.22. The fraction of sp³-hybridized carbons (Fsp3) is 0.333. The summed E-state index contributed by atoms with van der Waals surface area (Å²) in [5.41, 5.74) is 1.58. The molecule has 0 aliphatic carbocycles. The van der Waals surface area contributed by atoms with Gasteiger partial charge in [-0.25, -0.2) is 0 Å². The zero-order chi connectivity index (χ0) is 12.8. The SMILES string of the molecule is CCOC(=O)Cc1cc(C#N)c(CO)cc1Br. The van der Waals surface area contributed by atoms with Crippen LogP contribution in [0, 0.1) is 11.3 Å². The van der Waals surface area contributed by atoms with Gasteiger partial charge in [0.05, 0.1) is 31.3 Å². The van der Waals surface area contributed by atoms with Crippen molar-refractivity contribution in [2.75, 3.05) is 6.61 Å². The molecule has 0 unspecified atom stereocenters. The number of hydrogen-bond donors (Lipinski definition) is 1. The Balaban J connectivity index is 3.01. The monoisotopic (exact) mass is 297 g/mol. The molecule has 1 aromatic rings. The van der Waals surface area contributed by atoms with Gasteiger partial charge in [-0.05, 0) is 30.2 Å². The van der Waals surface area contributed by atoms with E-state index < -0.39 is 0 Å². The Morgan fingerprint density at radius 2 is 2.24 bits per heavy atom. The predicted molar refractivity (Wildman–Crippen MR) is 65.1 cm³/mol. The Labute approximate surface area is 108 Å². The highest BCUT2D eigenvalue weighted by atomic mass is 79.9. The molecular weight excluding hydrogens is 286 g/mol. The number of aliphatic hydroxyl groups excluding tert-OH is 1. The highest BCUT2D eigenvalue weighted by molar-refractivity contribution is 9.10. The highest BCUT2D eigenvalue weighted by Gasteiger charge is 2.11. The second-order valence-electron chi connectivity index (χ2n) is 3.35. The van der Waals surface area contributed by atoms with E-state index in [9.17, 15) is 4.79 Å². The first kappa shape index (κ1) is 13.7. The van der Waals surface area contributed by atoms with Crippen molar-refractivity contribution in [3.8, 4) is 6.07 Å². The van der Waals surface area contributed by atoms with Gasteiger partial charge < -0.3 is 9.84 Å². The number of aliphatic hydroxyl groups is 1. The molecule has 17 heavy (non-hydrogen) atoms. The van der Waals surface area contributed by atoms with Crippen LogP contribution in [-0.2, 0) is 22.6 Å². The van der Waals surface area contributed by atoms with Crippen molar-refractivity contribution in [1.82, 2.24) is 0 Å². The smallest absolute Gasteiger partial charge is 0.310 e. The van der Waals surface area contributed by atoms with Crippen LogP contribution in [0.5, 0.6) is 0 Å². The van der Waals surface area contributed by atoms with Crippen LogP contribution in [0.1, 0.15) is 23.6 Å². The molecule has 0 atom stereocenters. The Morgan fingerprint density at radius 1 is 1.53 bits per heavy atom. The molecule has 1 aromatic carbocycles. The van der Waals surface area contributed by atoms with Crippen LogP contribution in [0.4, 0.5) is 0 Å².